The summed E-state index contributed by atoms with van der Waals surface area (Å²) in [5.41, 5.74) is 2.49. The van der Waals surface area contributed by atoms with Crippen molar-refractivity contribution in [1.82, 2.24) is 15.0 Å². The lowest BCUT2D eigenvalue weighted by Gasteiger charge is -1.98. The Morgan fingerprint density at radius 2 is 1.94 bits per heavy atom. The molecule has 0 radical (unpaired) electrons. The number of rotatable bonds is 5. The topological polar surface area (TPSA) is 30.7 Å². The van der Waals surface area contributed by atoms with Crippen molar-refractivity contribution in [2.24, 2.45) is 0 Å². The van der Waals surface area contributed by atoms with Crippen molar-refractivity contribution in [3.8, 4) is 0 Å². The predicted octanol–water partition coefficient (Wildman–Crippen LogP) is 2.47. The SMILES string of the molecule is CCn1cc(CCCc2ccccc2)nn1. The molecule has 0 saturated heterocycles. The normalized spacial score (nSPS) is 10.6. The molecule has 1 heterocycles. The summed E-state index contributed by atoms with van der Waals surface area (Å²) in [5, 5.41) is 8.16. The smallest absolute Gasteiger partial charge is 0.0827 e. The molecule has 84 valence electrons. The molecule has 0 amide bonds. The summed E-state index contributed by atoms with van der Waals surface area (Å²) in [5.74, 6) is 0. The van der Waals surface area contributed by atoms with Gasteiger partial charge in [0.05, 0.1) is 5.69 Å². The van der Waals surface area contributed by atoms with Gasteiger partial charge in [0.2, 0.25) is 0 Å². The fraction of sp³-hybridized carbons (Fsp3) is 0.385. The molecule has 16 heavy (non-hydrogen) atoms. The van der Waals surface area contributed by atoms with Crippen LogP contribution in [-0.2, 0) is 19.4 Å². The zero-order valence-corrected chi connectivity index (χ0v) is 9.63. The molecule has 3 nitrogen and oxygen atoms in total. The zero-order valence-electron chi connectivity index (χ0n) is 9.63. The van der Waals surface area contributed by atoms with Crippen molar-refractivity contribution in [2.45, 2.75) is 32.7 Å². The largest absolute Gasteiger partial charge is 0.253 e. The van der Waals surface area contributed by atoms with E-state index in [1.165, 1.54) is 5.56 Å². The lowest BCUT2D eigenvalue weighted by molar-refractivity contribution is 0.626. The van der Waals surface area contributed by atoms with E-state index in [0.717, 1.165) is 31.5 Å². The molecule has 0 bridgehead atoms. The zero-order chi connectivity index (χ0) is 11.2. The van der Waals surface area contributed by atoms with Crippen LogP contribution in [0.4, 0.5) is 0 Å². The summed E-state index contributed by atoms with van der Waals surface area (Å²) in [6.45, 7) is 2.97. The van der Waals surface area contributed by atoms with Gasteiger partial charge in [-0.1, -0.05) is 35.5 Å². The van der Waals surface area contributed by atoms with Crippen LogP contribution in [-0.4, -0.2) is 15.0 Å². The van der Waals surface area contributed by atoms with E-state index in [1.807, 2.05) is 10.9 Å². The number of aromatic nitrogens is 3. The third-order valence-corrected chi connectivity index (χ3v) is 2.65. The van der Waals surface area contributed by atoms with E-state index >= 15 is 0 Å². The highest BCUT2D eigenvalue weighted by atomic mass is 15.4. The van der Waals surface area contributed by atoms with Gasteiger partial charge in [-0.25, -0.2) is 0 Å². The molecule has 0 atom stereocenters. The van der Waals surface area contributed by atoms with Gasteiger partial charge in [0.25, 0.3) is 0 Å². The molecule has 2 rings (SSSR count). The molecular weight excluding hydrogens is 198 g/mol. The molecule has 0 saturated carbocycles. The third kappa shape index (κ3) is 2.92. The second kappa shape index (κ2) is 5.45. The van der Waals surface area contributed by atoms with Crippen molar-refractivity contribution in [1.29, 1.82) is 0 Å². The Morgan fingerprint density at radius 3 is 2.62 bits per heavy atom. The average molecular weight is 215 g/mol. The van der Waals surface area contributed by atoms with E-state index in [4.69, 9.17) is 0 Å². The van der Waals surface area contributed by atoms with E-state index in [-0.39, 0.29) is 0 Å². The minimum atomic E-state index is 0.895. The van der Waals surface area contributed by atoms with Crippen LogP contribution in [0.15, 0.2) is 36.5 Å². The van der Waals surface area contributed by atoms with Crippen molar-refractivity contribution in [3.63, 3.8) is 0 Å². The first-order valence-corrected chi connectivity index (χ1v) is 5.81. The minimum Gasteiger partial charge on any atom is -0.253 e. The molecule has 1 aromatic carbocycles. The Hall–Kier alpha value is -1.64. The van der Waals surface area contributed by atoms with Crippen LogP contribution in [0.1, 0.15) is 24.6 Å². The maximum atomic E-state index is 4.13. The molecule has 0 aliphatic heterocycles. The molecule has 0 spiro atoms. The van der Waals surface area contributed by atoms with Gasteiger partial charge < -0.3 is 0 Å². The Morgan fingerprint density at radius 1 is 1.12 bits per heavy atom. The summed E-state index contributed by atoms with van der Waals surface area (Å²) in [4.78, 5) is 0. The van der Waals surface area contributed by atoms with E-state index in [0.29, 0.717) is 0 Å². The van der Waals surface area contributed by atoms with Crippen molar-refractivity contribution in [3.05, 3.63) is 47.8 Å². The molecular formula is C13H17N3. The standard InChI is InChI=1S/C13H17N3/c1-2-16-11-13(14-15-16)10-6-9-12-7-4-3-5-8-12/h3-5,7-8,11H,2,6,9-10H2,1H3. The molecule has 2 aromatic rings. The van der Waals surface area contributed by atoms with Crippen LogP contribution in [0.25, 0.3) is 0 Å². The summed E-state index contributed by atoms with van der Waals surface area (Å²) >= 11 is 0. The maximum Gasteiger partial charge on any atom is 0.0827 e. The van der Waals surface area contributed by atoms with Crippen molar-refractivity contribution < 1.29 is 0 Å². The molecule has 1 aromatic heterocycles. The first kappa shape index (κ1) is 10.9. The number of hydrogen-bond donors (Lipinski definition) is 0. The van der Waals surface area contributed by atoms with E-state index in [2.05, 4.69) is 47.6 Å². The van der Waals surface area contributed by atoms with Crippen molar-refractivity contribution in [2.75, 3.05) is 0 Å². The number of aryl methyl sites for hydroxylation is 3. The van der Waals surface area contributed by atoms with Gasteiger partial charge in [-0.15, -0.1) is 5.10 Å². The first-order valence-electron chi connectivity index (χ1n) is 5.81. The maximum absolute atomic E-state index is 4.13. The van der Waals surface area contributed by atoms with Gasteiger partial charge in [0.1, 0.15) is 0 Å². The van der Waals surface area contributed by atoms with Crippen LogP contribution in [0.5, 0.6) is 0 Å². The molecule has 0 fully saturated rings. The lowest BCUT2D eigenvalue weighted by Crippen LogP contribution is -1.93. The summed E-state index contributed by atoms with van der Waals surface area (Å²) in [6.07, 6.45) is 5.28. The molecule has 0 aliphatic rings. The summed E-state index contributed by atoms with van der Waals surface area (Å²) in [6, 6.07) is 10.6. The fourth-order valence-electron chi connectivity index (χ4n) is 1.73. The van der Waals surface area contributed by atoms with Crippen LogP contribution in [0.3, 0.4) is 0 Å². The number of hydrogen-bond acceptors (Lipinski definition) is 2. The van der Waals surface area contributed by atoms with Crippen LogP contribution >= 0.6 is 0 Å². The molecule has 0 aliphatic carbocycles. The quantitative estimate of drug-likeness (QED) is 0.767. The number of benzene rings is 1. The number of nitrogens with zero attached hydrogens (tertiary/aromatic N) is 3. The van der Waals surface area contributed by atoms with Crippen LogP contribution < -0.4 is 0 Å². The summed E-state index contributed by atoms with van der Waals surface area (Å²) in [7, 11) is 0. The predicted molar refractivity (Wildman–Crippen MR) is 64.2 cm³/mol. The highest BCUT2D eigenvalue weighted by Gasteiger charge is 1.99. The minimum absolute atomic E-state index is 0.895. The Labute approximate surface area is 96.1 Å². The second-order valence-electron chi connectivity index (χ2n) is 3.90. The van der Waals surface area contributed by atoms with Gasteiger partial charge in [0.15, 0.2) is 0 Å². The first-order chi connectivity index (χ1) is 7.88. The third-order valence-electron chi connectivity index (χ3n) is 2.65. The Balaban J connectivity index is 1.80. The molecule has 3 heteroatoms. The van der Waals surface area contributed by atoms with E-state index in [1.54, 1.807) is 0 Å². The molecule has 0 N–H and O–H groups in total. The van der Waals surface area contributed by atoms with E-state index < -0.39 is 0 Å². The van der Waals surface area contributed by atoms with E-state index in [9.17, 15) is 0 Å². The van der Waals surface area contributed by atoms with Gasteiger partial charge >= 0.3 is 0 Å². The van der Waals surface area contributed by atoms with Gasteiger partial charge in [-0.05, 0) is 31.7 Å². The highest BCUT2D eigenvalue weighted by molar-refractivity contribution is 5.14. The fourth-order valence-corrected chi connectivity index (χ4v) is 1.73. The highest BCUT2D eigenvalue weighted by Crippen LogP contribution is 2.05. The Kier molecular flexibility index (Phi) is 3.70. The average Bonchev–Trinajstić information content (AvgIpc) is 2.78. The monoisotopic (exact) mass is 215 g/mol. The molecule has 0 unspecified atom stereocenters. The van der Waals surface area contributed by atoms with Crippen LogP contribution in [0.2, 0.25) is 0 Å². The van der Waals surface area contributed by atoms with Crippen LogP contribution in [0, 0.1) is 0 Å². The van der Waals surface area contributed by atoms with Gasteiger partial charge in [-0.3, -0.25) is 4.68 Å². The second-order valence-corrected chi connectivity index (χ2v) is 3.90. The summed E-state index contributed by atoms with van der Waals surface area (Å²) < 4.78 is 1.87. The van der Waals surface area contributed by atoms with Crippen molar-refractivity contribution >= 4 is 0 Å². The van der Waals surface area contributed by atoms with Gasteiger partial charge in [0, 0.05) is 12.7 Å². The lowest BCUT2D eigenvalue weighted by atomic mass is 10.1. The Bertz CT molecular complexity index is 420. The van der Waals surface area contributed by atoms with Gasteiger partial charge in [-0.2, -0.15) is 0 Å².